The van der Waals surface area contributed by atoms with E-state index in [1.54, 1.807) is 49.4 Å². The number of hydrogen-bond donors (Lipinski definition) is 1. The lowest BCUT2D eigenvalue weighted by molar-refractivity contribution is 0.0526. The molecule has 0 atom stereocenters. The van der Waals surface area contributed by atoms with Gasteiger partial charge >= 0.3 is 5.97 Å². The van der Waals surface area contributed by atoms with Crippen molar-refractivity contribution in [3.8, 4) is 0 Å². The monoisotopic (exact) mass is 401 g/mol. The Kier molecular flexibility index (Phi) is 6.95. The summed E-state index contributed by atoms with van der Waals surface area (Å²) < 4.78 is 5.90. The number of nitrogens with one attached hydrogen (secondary N) is 1. The minimum absolute atomic E-state index is 0.0556. The fourth-order valence-electron chi connectivity index (χ4n) is 2.17. The van der Waals surface area contributed by atoms with E-state index >= 15 is 0 Å². The number of halogens is 1. The van der Waals surface area contributed by atoms with Gasteiger partial charge in [-0.2, -0.15) is 0 Å². The average Bonchev–Trinajstić information content (AvgIpc) is 2.62. The van der Waals surface area contributed by atoms with Crippen LogP contribution in [0.15, 0.2) is 64.8 Å². The minimum atomic E-state index is -0.342. The summed E-state index contributed by atoms with van der Waals surface area (Å²) in [6.45, 7) is 4.09. The molecule has 0 fully saturated rings. The van der Waals surface area contributed by atoms with Gasteiger partial charge in [-0.25, -0.2) is 4.79 Å². The second kappa shape index (κ2) is 9.18. The Balaban J connectivity index is 2.09. The van der Waals surface area contributed by atoms with Gasteiger partial charge in [0.1, 0.15) is 0 Å². The van der Waals surface area contributed by atoms with Crippen LogP contribution in [-0.4, -0.2) is 18.4 Å². The maximum atomic E-state index is 12.3. The molecule has 1 N–H and O–H groups in total. The number of carbonyl (C=O) groups excluding carboxylic acids is 2. The lowest BCUT2D eigenvalue weighted by Gasteiger charge is -2.10. The van der Waals surface area contributed by atoms with Gasteiger partial charge in [-0.1, -0.05) is 22.9 Å². The van der Waals surface area contributed by atoms with E-state index in [2.05, 4.69) is 21.2 Å². The van der Waals surface area contributed by atoms with E-state index < -0.39 is 0 Å². The smallest absolute Gasteiger partial charge is 0.338 e. The van der Waals surface area contributed by atoms with Gasteiger partial charge in [0.2, 0.25) is 0 Å². The number of hydrogen-bond acceptors (Lipinski definition) is 4. The maximum Gasteiger partial charge on any atom is 0.338 e. The van der Waals surface area contributed by atoms with Crippen LogP contribution in [0.25, 0.3) is 0 Å². The van der Waals surface area contributed by atoms with Gasteiger partial charge in [0.05, 0.1) is 12.2 Å². The number of anilines is 1. The third kappa shape index (κ3) is 5.57. The SMILES string of the molecule is CCOC(=O)c1ccc(N/C(=C\C(=O)c2ccc(Br)cc2)CC)cc1. The number of ether oxygens (including phenoxy) is 1. The molecule has 0 heterocycles. The van der Waals surface area contributed by atoms with E-state index in [0.29, 0.717) is 24.2 Å². The van der Waals surface area contributed by atoms with Crippen LogP contribution >= 0.6 is 15.9 Å². The van der Waals surface area contributed by atoms with Crippen molar-refractivity contribution < 1.29 is 14.3 Å². The van der Waals surface area contributed by atoms with Crippen LogP contribution in [0.2, 0.25) is 0 Å². The summed E-state index contributed by atoms with van der Waals surface area (Å²) in [6, 6.07) is 14.2. The summed E-state index contributed by atoms with van der Waals surface area (Å²) in [5.74, 6) is -0.397. The highest BCUT2D eigenvalue weighted by Crippen LogP contribution is 2.16. The van der Waals surface area contributed by atoms with E-state index in [0.717, 1.165) is 15.9 Å². The van der Waals surface area contributed by atoms with Crippen molar-refractivity contribution in [3.05, 3.63) is 75.9 Å². The van der Waals surface area contributed by atoms with Crippen LogP contribution in [0.1, 0.15) is 41.0 Å². The van der Waals surface area contributed by atoms with E-state index in [-0.39, 0.29) is 11.8 Å². The maximum absolute atomic E-state index is 12.3. The molecule has 0 spiro atoms. The predicted octanol–water partition coefficient (Wildman–Crippen LogP) is 5.21. The lowest BCUT2D eigenvalue weighted by Crippen LogP contribution is -2.06. The molecule has 0 saturated heterocycles. The van der Waals surface area contributed by atoms with Crippen LogP contribution in [0.3, 0.4) is 0 Å². The summed E-state index contributed by atoms with van der Waals surface area (Å²) in [5, 5.41) is 3.22. The summed E-state index contributed by atoms with van der Waals surface area (Å²) in [7, 11) is 0. The van der Waals surface area contributed by atoms with Gasteiger partial charge in [0.15, 0.2) is 5.78 Å². The molecule has 0 aliphatic carbocycles. The number of esters is 1. The molecular formula is C20H20BrNO3. The normalized spacial score (nSPS) is 11.1. The molecule has 130 valence electrons. The summed E-state index contributed by atoms with van der Waals surface area (Å²) in [5.41, 5.74) is 2.75. The average molecular weight is 402 g/mol. The highest BCUT2D eigenvalue weighted by atomic mass is 79.9. The Labute approximate surface area is 156 Å². The zero-order valence-electron chi connectivity index (χ0n) is 14.2. The molecule has 0 radical (unpaired) electrons. The van der Waals surface area contributed by atoms with Gasteiger partial charge in [-0.15, -0.1) is 0 Å². The highest BCUT2D eigenvalue weighted by molar-refractivity contribution is 9.10. The van der Waals surface area contributed by atoms with Crippen molar-refractivity contribution in [2.45, 2.75) is 20.3 Å². The zero-order valence-corrected chi connectivity index (χ0v) is 15.8. The first-order valence-corrected chi connectivity index (χ1v) is 8.87. The second-order valence-corrected chi connectivity index (χ2v) is 6.23. The van der Waals surface area contributed by atoms with Gasteiger partial charge in [0, 0.05) is 27.5 Å². The highest BCUT2D eigenvalue weighted by Gasteiger charge is 2.07. The Morgan fingerprint density at radius 3 is 2.16 bits per heavy atom. The van der Waals surface area contributed by atoms with E-state index in [1.165, 1.54) is 0 Å². The van der Waals surface area contributed by atoms with Crippen LogP contribution in [0.5, 0.6) is 0 Å². The quantitative estimate of drug-likeness (QED) is 0.392. The molecule has 0 aromatic heterocycles. The van der Waals surface area contributed by atoms with Crippen molar-refractivity contribution in [2.75, 3.05) is 11.9 Å². The van der Waals surface area contributed by atoms with E-state index in [4.69, 9.17) is 4.74 Å². The van der Waals surface area contributed by atoms with Crippen molar-refractivity contribution in [3.63, 3.8) is 0 Å². The molecule has 0 aliphatic rings. The lowest BCUT2D eigenvalue weighted by atomic mass is 10.1. The summed E-state index contributed by atoms with van der Waals surface area (Å²) in [4.78, 5) is 24.0. The van der Waals surface area contributed by atoms with Gasteiger partial charge in [0.25, 0.3) is 0 Å². The van der Waals surface area contributed by atoms with Gasteiger partial charge in [-0.05, 0) is 61.9 Å². The largest absolute Gasteiger partial charge is 0.462 e. The Bertz CT molecular complexity index is 765. The first-order chi connectivity index (χ1) is 12.0. The molecule has 2 aromatic rings. The first-order valence-electron chi connectivity index (χ1n) is 8.08. The molecule has 4 nitrogen and oxygen atoms in total. The molecule has 0 amide bonds. The van der Waals surface area contributed by atoms with Crippen LogP contribution < -0.4 is 5.32 Å². The fourth-order valence-corrected chi connectivity index (χ4v) is 2.44. The fraction of sp³-hybridized carbons (Fsp3) is 0.200. The minimum Gasteiger partial charge on any atom is -0.462 e. The number of carbonyl (C=O) groups is 2. The van der Waals surface area contributed by atoms with Crippen molar-refractivity contribution in [1.82, 2.24) is 0 Å². The molecule has 5 heteroatoms. The molecule has 2 aromatic carbocycles. The molecule has 25 heavy (non-hydrogen) atoms. The number of ketones is 1. The third-order valence-electron chi connectivity index (χ3n) is 3.52. The number of rotatable bonds is 7. The van der Waals surface area contributed by atoms with Crippen LogP contribution in [0.4, 0.5) is 5.69 Å². The number of benzene rings is 2. The molecule has 0 aliphatic heterocycles. The van der Waals surface area contributed by atoms with Crippen LogP contribution in [-0.2, 0) is 4.74 Å². The van der Waals surface area contributed by atoms with E-state index in [9.17, 15) is 9.59 Å². The molecular weight excluding hydrogens is 382 g/mol. The third-order valence-corrected chi connectivity index (χ3v) is 4.04. The molecule has 2 rings (SSSR count). The van der Waals surface area contributed by atoms with Crippen molar-refractivity contribution in [1.29, 1.82) is 0 Å². The Morgan fingerprint density at radius 2 is 1.60 bits per heavy atom. The van der Waals surface area contributed by atoms with Crippen molar-refractivity contribution in [2.24, 2.45) is 0 Å². The Morgan fingerprint density at radius 1 is 1.00 bits per heavy atom. The van der Waals surface area contributed by atoms with Gasteiger partial charge < -0.3 is 10.1 Å². The molecule has 0 unspecified atom stereocenters. The van der Waals surface area contributed by atoms with Crippen molar-refractivity contribution >= 4 is 33.4 Å². The second-order valence-electron chi connectivity index (χ2n) is 5.32. The molecule has 0 saturated carbocycles. The van der Waals surface area contributed by atoms with Gasteiger partial charge in [-0.3, -0.25) is 4.79 Å². The molecule has 0 bridgehead atoms. The van der Waals surface area contributed by atoms with E-state index in [1.807, 2.05) is 19.1 Å². The summed E-state index contributed by atoms with van der Waals surface area (Å²) >= 11 is 3.36. The summed E-state index contributed by atoms with van der Waals surface area (Å²) in [6.07, 6.45) is 2.28. The topological polar surface area (TPSA) is 55.4 Å². The standard InChI is InChI=1S/C20H20BrNO3/c1-3-17(13-19(23)14-5-9-16(21)10-6-14)22-18-11-7-15(8-12-18)20(24)25-4-2/h5-13,22H,3-4H2,1-2H3/b17-13-. The predicted molar refractivity (Wildman–Crippen MR) is 103 cm³/mol. The zero-order chi connectivity index (χ0) is 18.2. The number of allylic oxidation sites excluding steroid dienone is 2. The first kappa shape index (κ1) is 18.9. The van der Waals surface area contributed by atoms with Crippen LogP contribution in [0, 0.1) is 0 Å². The Hall–Kier alpha value is -2.40.